The Hall–Kier alpha value is -2.50. The van der Waals surface area contributed by atoms with Gasteiger partial charge in [-0.2, -0.15) is 0 Å². The number of ether oxygens (including phenoxy) is 3. The fraction of sp³-hybridized carbons (Fsp3) is 0.474. The highest BCUT2D eigenvalue weighted by Gasteiger charge is 2.15. The zero-order chi connectivity index (χ0) is 18.9. The maximum absolute atomic E-state index is 11.5. The van der Waals surface area contributed by atoms with Gasteiger partial charge in [-0.05, 0) is 57.9 Å². The summed E-state index contributed by atoms with van der Waals surface area (Å²) in [7, 11) is 1.56. The van der Waals surface area contributed by atoms with Crippen molar-refractivity contribution < 1.29 is 23.8 Å². The van der Waals surface area contributed by atoms with Gasteiger partial charge in [-0.15, -0.1) is 0 Å². The quantitative estimate of drug-likeness (QED) is 0.573. The number of methoxy groups -OCH3 is 1. The molecular formula is C19H27NO5. The van der Waals surface area contributed by atoms with Crippen LogP contribution >= 0.6 is 0 Å². The van der Waals surface area contributed by atoms with Crippen LogP contribution in [0, 0.1) is 0 Å². The Morgan fingerprint density at radius 2 is 1.92 bits per heavy atom. The molecule has 1 aromatic carbocycles. The molecule has 0 saturated heterocycles. The number of carbonyl (C=O) groups is 2. The lowest BCUT2D eigenvalue weighted by molar-refractivity contribution is -0.112. The van der Waals surface area contributed by atoms with Crippen molar-refractivity contribution in [3.8, 4) is 11.5 Å². The maximum atomic E-state index is 11.5. The molecule has 0 aliphatic carbocycles. The lowest BCUT2D eigenvalue weighted by Gasteiger charge is -2.19. The molecule has 6 heteroatoms. The summed E-state index contributed by atoms with van der Waals surface area (Å²) in [5, 5.41) is 2.68. The Balaban J connectivity index is 2.44. The minimum Gasteiger partial charge on any atom is -0.493 e. The summed E-state index contributed by atoms with van der Waals surface area (Å²) in [6.07, 6.45) is 3.41. The predicted molar refractivity (Wildman–Crippen MR) is 97.1 cm³/mol. The molecule has 0 fully saturated rings. The molecule has 1 rings (SSSR count). The molecule has 138 valence electrons. The summed E-state index contributed by atoms with van der Waals surface area (Å²) in [5.74, 6) is 1.18. The summed E-state index contributed by atoms with van der Waals surface area (Å²) in [6, 6.07) is 5.43. The van der Waals surface area contributed by atoms with Gasteiger partial charge in [-0.3, -0.25) is 4.79 Å². The van der Waals surface area contributed by atoms with E-state index < -0.39 is 11.7 Å². The number of ketones is 1. The number of alkyl carbamates (subject to hydrolysis) is 1. The Kier molecular flexibility index (Phi) is 7.98. The van der Waals surface area contributed by atoms with Crippen molar-refractivity contribution in [3.05, 3.63) is 29.8 Å². The van der Waals surface area contributed by atoms with Gasteiger partial charge in [0.25, 0.3) is 0 Å². The van der Waals surface area contributed by atoms with Crippen molar-refractivity contribution in [1.29, 1.82) is 0 Å². The molecule has 25 heavy (non-hydrogen) atoms. The van der Waals surface area contributed by atoms with Gasteiger partial charge in [0.1, 0.15) is 5.60 Å². The van der Waals surface area contributed by atoms with E-state index in [-0.39, 0.29) is 5.78 Å². The van der Waals surface area contributed by atoms with Crippen molar-refractivity contribution >= 4 is 18.0 Å². The van der Waals surface area contributed by atoms with Crippen molar-refractivity contribution in [2.45, 2.75) is 39.7 Å². The van der Waals surface area contributed by atoms with E-state index >= 15 is 0 Å². The van der Waals surface area contributed by atoms with E-state index in [0.717, 1.165) is 5.56 Å². The molecule has 0 atom stereocenters. The van der Waals surface area contributed by atoms with Gasteiger partial charge in [0.15, 0.2) is 17.3 Å². The smallest absolute Gasteiger partial charge is 0.407 e. The highest BCUT2D eigenvalue weighted by atomic mass is 16.6. The van der Waals surface area contributed by atoms with Gasteiger partial charge < -0.3 is 19.5 Å². The van der Waals surface area contributed by atoms with Crippen LogP contribution in [0.4, 0.5) is 4.79 Å². The van der Waals surface area contributed by atoms with E-state index in [1.165, 1.54) is 13.0 Å². The van der Waals surface area contributed by atoms with Gasteiger partial charge in [-0.25, -0.2) is 4.79 Å². The zero-order valence-corrected chi connectivity index (χ0v) is 15.5. The third-order valence-electron chi connectivity index (χ3n) is 2.95. The molecule has 0 bridgehead atoms. The summed E-state index contributed by atoms with van der Waals surface area (Å²) >= 11 is 0. The van der Waals surface area contributed by atoms with Crippen LogP contribution in [0.15, 0.2) is 24.3 Å². The molecule has 0 aliphatic heterocycles. The fourth-order valence-electron chi connectivity index (χ4n) is 1.88. The Morgan fingerprint density at radius 1 is 1.20 bits per heavy atom. The molecule has 0 heterocycles. The zero-order valence-electron chi connectivity index (χ0n) is 15.5. The normalized spacial score (nSPS) is 11.2. The number of benzene rings is 1. The summed E-state index contributed by atoms with van der Waals surface area (Å²) in [4.78, 5) is 22.5. The number of carbonyl (C=O) groups excluding carboxylic acids is 2. The molecule has 1 N–H and O–H groups in total. The van der Waals surface area contributed by atoms with E-state index in [2.05, 4.69) is 5.32 Å². The van der Waals surface area contributed by atoms with Crippen LogP contribution in [-0.4, -0.2) is 37.7 Å². The topological polar surface area (TPSA) is 73.9 Å². The number of hydrogen-bond acceptors (Lipinski definition) is 5. The predicted octanol–water partition coefficient (Wildman–Crippen LogP) is 3.59. The molecule has 0 unspecified atom stereocenters. The van der Waals surface area contributed by atoms with Crippen LogP contribution in [0.25, 0.3) is 6.08 Å². The first kappa shape index (κ1) is 20.5. The third kappa shape index (κ3) is 8.79. The Bertz CT molecular complexity index is 617. The van der Waals surface area contributed by atoms with Gasteiger partial charge in [0.05, 0.1) is 13.7 Å². The van der Waals surface area contributed by atoms with E-state index in [4.69, 9.17) is 14.2 Å². The first-order valence-corrected chi connectivity index (χ1v) is 8.17. The summed E-state index contributed by atoms with van der Waals surface area (Å²) in [6.45, 7) is 7.83. The van der Waals surface area contributed by atoms with Crippen LogP contribution in [0.5, 0.6) is 11.5 Å². The first-order valence-electron chi connectivity index (χ1n) is 8.17. The molecular weight excluding hydrogens is 322 g/mol. The molecule has 1 aromatic rings. The first-order chi connectivity index (χ1) is 11.7. The van der Waals surface area contributed by atoms with Crippen molar-refractivity contribution in [1.82, 2.24) is 5.32 Å². The number of allylic oxidation sites excluding steroid dienone is 1. The second kappa shape index (κ2) is 9.71. The van der Waals surface area contributed by atoms with E-state index in [9.17, 15) is 9.59 Å². The molecule has 0 aromatic heterocycles. The lowest BCUT2D eigenvalue weighted by Crippen LogP contribution is -2.33. The van der Waals surface area contributed by atoms with E-state index in [1.54, 1.807) is 25.3 Å². The molecule has 0 spiro atoms. The number of nitrogens with one attached hydrogen (secondary N) is 1. The number of hydrogen-bond donors (Lipinski definition) is 1. The van der Waals surface area contributed by atoms with Crippen molar-refractivity contribution in [2.24, 2.45) is 0 Å². The van der Waals surface area contributed by atoms with Gasteiger partial charge >= 0.3 is 6.09 Å². The minimum absolute atomic E-state index is 0.0169. The van der Waals surface area contributed by atoms with Crippen LogP contribution in [-0.2, 0) is 9.53 Å². The largest absolute Gasteiger partial charge is 0.493 e. The SMILES string of the molecule is COc1cc(/C=C/C(C)=O)ccc1OCCCNC(=O)OC(C)(C)C. The summed E-state index contributed by atoms with van der Waals surface area (Å²) < 4.78 is 16.1. The van der Waals surface area contributed by atoms with E-state index in [0.29, 0.717) is 31.1 Å². The van der Waals surface area contributed by atoms with Crippen LogP contribution < -0.4 is 14.8 Å². The Labute approximate surface area is 149 Å². The van der Waals surface area contributed by atoms with Gasteiger partial charge in [0, 0.05) is 6.54 Å². The summed E-state index contributed by atoms with van der Waals surface area (Å²) in [5.41, 5.74) is 0.345. The maximum Gasteiger partial charge on any atom is 0.407 e. The Morgan fingerprint density at radius 3 is 2.52 bits per heavy atom. The average molecular weight is 349 g/mol. The standard InChI is InChI=1S/C19H27NO5/c1-14(21)7-8-15-9-10-16(17(13-15)23-5)24-12-6-11-20-18(22)25-19(2,3)4/h7-10,13H,6,11-12H2,1-5H3,(H,20,22)/b8-7+. The van der Waals surface area contributed by atoms with Gasteiger partial charge in [-0.1, -0.05) is 12.1 Å². The van der Waals surface area contributed by atoms with Crippen molar-refractivity contribution in [2.75, 3.05) is 20.3 Å². The molecule has 1 amide bonds. The highest BCUT2D eigenvalue weighted by Crippen LogP contribution is 2.28. The molecule has 0 aliphatic rings. The lowest BCUT2D eigenvalue weighted by atomic mass is 10.1. The number of amides is 1. The second-order valence-corrected chi connectivity index (χ2v) is 6.48. The van der Waals surface area contributed by atoms with Gasteiger partial charge in [0.2, 0.25) is 0 Å². The molecule has 0 saturated carbocycles. The monoisotopic (exact) mass is 349 g/mol. The van der Waals surface area contributed by atoms with Crippen LogP contribution in [0.1, 0.15) is 39.7 Å². The van der Waals surface area contributed by atoms with Crippen LogP contribution in [0.3, 0.4) is 0 Å². The van der Waals surface area contributed by atoms with E-state index in [1.807, 2.05) is 26.8 Å². The average Bonchev–Trinajstić information content (AvgIpc) is 2.51. The van der Waals surface area contributed by atoms with Crippen LogP contribution in [0.2, 0.25) is 0 Å². The number of rotatable bonds is 8. The second-order valence-electron chi connectivity index (χ2n) is 6.48. The van der Waals surface area contributed by atoms with Crippen molar-refractivity contribution in [3.63, 3.8) is 0 Å². The minimum atomic E-state index is -0.507. The molecule has 0 radical (unpaired) electrons. The third-order valence-corrected chi connectivity index (χ3v) is 2.95. The fourth-order valence-corrected chi connectivity index (χ4v) is 1.88. The molecule has 6 nitrogen and oxygen atoms in total. The highest BCUT2D eigenvalue weighted by molar-refractivity contribution is 5.91.